The van der Waals surface area contributed by atoms with E-state index in [0.29, 0.717) is 11.8 Å². The normalized spacial score (nSPS) is 34.4. The van der Waals surface area contributed by atoms with Gasteiger partial charge in [-0.3, -0.25) is 4.79 Å². The molecule has 4 heteroatoms. The number of likely N-dealkylation sites (N-methyl/N-ethyl adjacent to an activating group) is 1. The van der Waals surface area contributed by atoms with Crippen molar-refractivity contribution in [3.05, 3.63) is 0 Å². The summed E-state index contributed by atoms with van der Waals surface area (Å²) < 4.78 is 0. The Morgan fingerprint density at radius 3 is 2.33 bits per heavy atom. The maximum atomic E-state index is 11.9. The van der Waals surface area contributed by atoms with Gasteiger partial charge in [-0.05, 0) is 31.6 Å². The topological polar surface area (TPSA) is 57.6 Å². The monoisotopic (exact) mass is 211 g/mol. The lowest BCUT2D eigenvalue weighted by atomic mass is 10.1. The number of nitrogens with zero attached hydrogens (tertiary/aromatic N) is 1. The second kappa shape index (κ2) is 3.51. The molecule has 0 aromatic carbocycles. The SMILES string of the molecule is CC(C(=O)O)N(C)C(=O)C1C2CCCC21. The van der Waals surface area contributed by atoms with Crippen LogP contribution in [0.15, 0.2) is 0 Å². The summed E-state index contributed by atoms with van der Waals surface area (Å²) in [6.45, 7) is 1.55. The number of carboxylic acids is 1. The summed E-state index contributed by atoms with van der Waals surface area (Å²) in [5, 5.41) is 8.81. The molecular weight excluding hydrogens is 194 g/mol. The van der Waals surface area contributed by atoms with Gasteiger partial charge in [-0.2, -0.15) is 0 Å². The Hall–Kier alpha value is -1.06. The van der Waals surface area contributed by atoms with E-state index in [1.54, 1.807) is 14.0 Å². The molecular formula is C11H17NO3. The summed E-state index contributed by atoms with van der Waals surface area (Å²) in [5.41, 5.74) is 0. The van der Waals surface area contributed by atoms with Gasteiger partial charge in [-0.15, -0.1) is 0 Å². The minimum atomic E-state index is -0.934. The molecule has 1 amide bonds. The Morgan fingerprint density at radius 2 is 1.87 bits per heavy atom. The average molecular weight is 211 g/mol. The quantitative estimate of drug-likeness (QED) is 0.756. The van der Waals surface area contributed by atoms with Gasteiger partial charge in [0.05, 0.1) is 0 Å². The highest BCUT2D eigenvalue weighted by Crippen LogP contribution is 2.58. The van der Waals surface area contributed by atoms with Crippen molar-refractivity contribution in [2.45, 2.75) is 32.2 Å². The molecule has 2 aliphatic carbocycles. The first kappa shape index (κ1) is 10.5. The Labute approximate surface area is 89.3 Å². The van der Waals surface area contributed by atoms with E-state index >= 15 is 0 Å². The number of rotatable bonds is 3. The lowest BCUT2D eigenvalue weighted by Gasteiger charge is -2.22. The fraction of sp³-hybridized carbons (Fsp3) is 0.818. The van der Waals surface area contributed by atoms with Gasteiger partial charge in [0.25, 0.3) is 0 Å². The van der Waals surface area contributed by atoms with E-state index in [0.717, 1.165) is 12.8 Å². The third kappa shape index (κ3) is 1.62. The van der Waals surface area contributed by atoms with Gasteiger partial charge in [0, 0.05) is 13.0 Å². The molecule has 2 aliphatic rings. The maximum Gasteiger partial charge on any atom is 0.326 e. The molecule has 2 saturated carbocycles. The van der Waals surface area contributed by atoms with E-state index in [1.165, 1.54) is 11.3 Å². The van der Waals surface area contributed by atoms with Gasteiger partial charge in [-0.1, -0.05) is 6.42 Å². The predicted octanol–water partition coefficient (Wildman–Crippen LogP) is 0.964. The largest absolute Gasteiger partial charge is 0.480 e. The minimum Gasteiger partial charge on any atom is -0.480 e. The number of carbonyl (C=O) groups is 2. The van der Waals surface area contributed by atoms with Gasteiger partial charge in [0.1, 0.15) is 6.04 Å². The van der Waals surface area contributed by atoms with E-state index in [9.17, 15) is 9.59 Å². The van der Waals surface area contributed by atoms with Crippen LogP contribution in [0.2, 0.25) is 0 Å². The molecule has 3 unspecified atom stereocenters. The summed E-state index contributed by atoms with van der Waals surface area (Å²) in [7, 11) is 1.59. The molecule has 2 fully saturated rings. The van der Waals surface area contributed by atoms with Crippen molar-refractivity contribution in [3.8, 4) is 0 Å². The Balaban J connectivity index is 1.94. The van der Waals surface area contributed by atoms with Gasteiger partial charge in [0.2, 0.25) is 5.91 Å². The zero-order chi connectivity index (χ0) is 11.2. The zero-order valence-electron chi connectivity index (χ0n) is 9.14. The Kier molecular flexibility index (Phi) is 2.44. The van der Waals surface area contributed by atoms with Gasteiger partial charge >= 0.3 is 5.97 Å². The zero-order valence-corrected chi connectivity index (χ0v) is 9.14. The number of carboxylic acid groups (broad SMARTS) is 1. The van der Waals surface area contributed by atoms with Crippen molar-refractivity contribution in [2.75, 3.05) is 7.05 Å². The first-order valence-electron chi connectivity index (χ1n) is 5.53. The second-order valence-electron chi connectivity index (χ2n) is 4.75. The predicted molar refractivity (Wildman–Crippen MR) is 54.2 cm³/mol. The van der Waals surface area contributed by atoms with Crippen LogP contribution in [0.4, 0.5) is 0 Å². The molecule has 3 atom stereocenters. The number of fused-ring (bicyclic) bond motifs is 1. The van der Waals surface area contributed by atoms with E-state index < -0.39 is 12.0 Å². The first-order chi connectivity index (χ1) is 7.04. The number of hydrogen-bond donors (Lipinski definition) is 1. The molecule has 0 aromatic heterocycles. The summed E-state index contributed by atoms with van der Waals surface area (Å²) in [4.78, 5) is 24.0. The fourth-order valence-corrected chi connectivity index (χ4v) is 2.78. The minimum absolute atomic E-state index is 0.0274. The summed E-state index contributed by atoms with van der Waals surface area (Å²) in [6.07, 6.45) is 3.53. The molecule has 2 rings (SSSR count). The highest BCUT2D eigenvalue weighted by Gasteiger charge is 2.57. The van der Waals surface area contributed by atoms with Crippen LogP contribution < -0.4 is 0 Å². The highest BCUT2D eigenvalue weighted by molar-refractivity contribution is 5.87. The number of amides is 1. The second-order valence-corrected chi connectivity index (χ2v) is 4.75. The number of aliphatic carboxylic acids is 1. The van der Waals surface area contributed by atoms with E-state index in [1.807, 2.05) is 0 Å². The Bertz CT molecular complexity index is 292. The Morgan fingerprint density at radius 1 is 1.33 bits per heavy atom. The third-order valence-corrected chi connectivity index (χ3v) is 3.98. The summed E-state index contributed by atoms with van der Waals surface area (Å²) in [5.74, 6) is 0.337. The average Bonchev–Trinajstić information content (AvgIpc) is 2.68. The van der Waals surface area contributed by atoms with Crippen LogP contribution in [-0.2, 0) is 9.59 Å². The van der Waals surface area contributed by atoms with E-state index in [-0.39, 0.29) is 11.8 Å². The van der Waals surface area contributed by atoms with Crippen LogP contribution in [0.25, 0.3) is 0 Å². The third-order valence-electron chi connectivity index (χ3n) is 3.98. The van der Waals surface area contributed by atoms with E-state index in [4.69, 9.17) is 5.11 Å². The maximum absolute atomic E-state index is 11.9. The van der Waals surface area contributed by atoms with Crippen molar-refractivity contribution < 1.29 is 14.7 Å². The standard InChI is InChI=1S/C11H17NO3/c1-6(11(14)15)12(2)10(13)9-7-4-3-5-8(7)9/h6-9H,3-5H2,1-2H3,(H,14,15). The molecule has 15 heavy (non-hydrogen) atoms. The highest BCUT2D eigenvalue weighted by atomic mass is 16.4. The number of hydrogen-bond acceptors (Lipinski definition) is 2. The molecule has 0 heterocycles. The molecule has 0 spiro atoms. The van der Waals surface area contributed by atoms with Crippen molar-refractivity contribution in [2.24, 2.45) is 17.8 Å². The summed E-state index contributed by atoms with van der Waals surface area (Å²) >= 11 is 0. The summed E-state index contributed by atoms with van der Waals surface area (Å²) in [6, 6.07) is -0.709. The number of carbonyl (C=O) groups excluding carboxylic acids is 1. The molecule has 84 valence electrons. The lowest BCUT2D eigenvalue weighted by Crippen LogP contribution is -2.41. The van der Waals surface area contributed by atoms with Gasteiger partial charge in [0.15, 0.2) is 0 Å². The smallest absolute Gasteiger partial charge is 0.326 e. The molecule has 4 nitrogen and oxygen atoms in total. The molecule has 0 radical (unpaired) electrons. The molecule has 0 aliphatic heterocycles. The van der Waals surface area contributed by atoms with Gasteiger partial charge in [-0.25, -0.2) is 4.79 Å². The van der Waals surface area contributed by atoms with Gasteiger partial charge < -0.3 is 10.0 Å². The van der Waals surface area contributed by atoms with Crippen molar-refractivity contribution in [3.63, 3.8) is 0 Å². The van der Waals surface area contributed by atoms with Crippen LogP contribution >= 0.6 is 0 Å². The van der Waals surface area contributed by atoms with Crippen LogP contribution in [0, 0.1) is 17.8 Å². The van der Waals surface area contributed by atoms with Crippen molar-refractivity contribution in [1.82, 2.24) is 4.90 Å². The van der Waals surface area contributed by atoms with Crippen molar-refractivity contribution >= 4 is 11.9 Å². The van der Waals surface area contributed by atoms with E-state index in [2.05, 4.69) is 0 Å². The van der Waals surface area contributed by atoms with Crippen LogP contribution in [0.1, 0.15) is 26.2 Å². The van der Waals surface area contributed by atoms with Crippen molar-refractivity contribution in [1.29, 1.82) is 0 Å². The molecule has 0 bridgehead atoms. The first-order valence-corrected chi connectivity index (χ1v) is 5.53. The van der Waals surface area contributed by atoms with Crippen LogP contribution in [-0.4, -0.2) is 35.0 Å². The molecule has 0 aromatic rings. The lowest BCUT2D eigenvalue weighted by molar-refractivity contribution is -0.149. The molecule has 1 N–H and O–H groups in total. The van der Waals surface area contributed by atoms with Crippen LogP contribution in [0.3, 0.4) is 0 Å². The fourth-order valence-electron chi connectivity index (χ4n) is 2.78. The van der Waals surface area contributed by atoms with Crippen LogP contribution in [0.5, 0.6) is 0 Å². The molecule has 0 saturated heterocycles.